The van der Waals surface area contributed by atoms with Gasteiger partial charge < -0.3 is 9.84 Å². The van der Waals surface area contributed by atoms with E-state index in [2.05, 4.69) is 10.5 Å². The summed E-state index contributed by atoms with van der Waals surface area (Å²) >= 11 is 0. The number of hydrogen-bond acceptors (Lipinski definition) is 4. The van der Waals surface area contributed by atoms with Crippen molar-refractivity contribution in [1.82, 2.24) is 5.43 Å². The molecule has 0 saturated carbocycles. The van der Waals surface area contributed by atoms with E-state index in [1.807, 2.05) is 67.6 Å². The monoisotopic (exact) mass is 374 g/mol. The van der Waals surface area contributed by atoms with E-state index in [0.29, 0.717) is 17.9 Å². The third kappa shape index (κ3) is 4.76. The van der Waals surface area contributed by atoms with Crippen LogP contribution < -0.4 is 10.2 Å². The lowest BCUT2D eigenvalue weighted by Crippen LogP contribution is -2.26. The Morgan fingerprint density at radius 3 is 2.21 bits per heavy atom. The molecule has 5 nitrogen and oxygen atoms in total. The Bertz CT molecular complexity index is 901. The fraction of sp³-hybridized carbons (Fsp3) is 0.130. The van der Waals surface area contributed by atoms with E-state index in [1.54, 1.807) is 12.1 Å². The van der Waals surface area contributed by atoms with Gasteiger partial charge in [0.2, 0.25) is 0 Å². The molecule has 5 heteroatoms. The number of rotatable bonds is 7. The summed E-state index contributed by atoms with van der Waals surface area (Å²) in [4.78, 5) is 12.9. The SMILES string of the molecule is CCOc1cc(/C=N\NC(=O)C(c2ccccc2)c2ccccc2)ccc1O. The molecule has 0 fully saturated rings. The lowest BCUT2D eigenvalue weighted by Gasteiger charge is -2.16. The number of carbonyl (C=O) groups excluding carboxylic acids is 1. The van der Waals surface area contributed by atoms with E-state index >= 15 is 0 Å². The maximum atomic E-state index is 12.9. The van der Waals surface area contributed by atoms with Crippen LogP contribution in [0.3, 0.4) is 0 Å². The Kier molecular flexibility index (Phi) is 6.41. The maximum Gasteiger partial charge on any atom is 0.252 e. The first-order valence-electron chi connectivity index (χ1n) is 9.07. The second-order valence-electron chi connectivity index (χ2n) is 6.15. The fourth-order valence-corrected chi connectivity index (χ4v) is 2.90. The standard InChI is InChI=1S/C23H22N2O3/c1-2-28-21-15-17(13-14-20(21)26)16-24-25-23(27)22(18-9-5-3-6-10-18)19-11-7-4-8-12-19/h3-16,22,26H,2H2,1H3,(H,25,27)/b24-16-. The molecule has 0 atom stereocenters. The number of hydrogen-bond donors (Lipinski definition) is 2. The van der Waals surface area contributed by atoms with Gasteiger partial charge in [0.15, 0.2) is 11.5 Å². The van der Waals surface area contributed by atoms with E-state index in [4.69, 9.17) is 4.74 Å². The normalized spacial score (nSPS) is 10.9. The van der Waals surface area contributed by atoms with Gasteiger partial charge in [-0.2, -0.15) is 5.10 Å². The van der Waals surface area contributed by atoms with Crippen LogP contribution in [0.2, 0.25) is 0 Å². The number of benzene rings is 3. The minimum Gasteiger partial charge on any atom is -0.504 e. The second-order valence-corrected chi connectivity index (χ2v) is 6.15. The van der Waals surface area contributed by atoms with Crippen LogP contribution in [0.1, 0.15) is 29.5 Å². The molecule has 0 bridgehead atoms. The van der Waals surface area contributed by atoms with Gasteiger partial charge in [-0.15, -0.1) is 0 Å². The molecule has 3 aromatic rings. The summed E-state index contributed by atoms with van der Waals surface area (Å²) in [6, 6.07) is 24.1. The summed E-state index contributed by atoms with van der Waals surface area (Å²) in [5.41, 5.74) is 5.11. The second kappa shape index (κ2) is 9.37. The predicted octanol–water partition coefficient (Wildman–Crippen LogP) is 4.07. The van der Waals surface area contributed by atoms with Crippen molar-refractivity contribution in [3.63, 3.8) is 0 Å². The van der Waals surface area contributed by atoms with Crippen LogP contribution in [0.15, 0.2) is 84.0 Å². The van der Waals surface area contributed by atoms with Crippen LogP contribution >= 0.6 is 0 Å². The molecule has 28 heavy (non-hydrogen) atoms. The van der Waals surface area contributed by atoms with Crippen LogP contribution in [-0.2, 0) is 4.79 Å². The topological polar surface area (TPSA) is 70.9 Å². The molecule has 0 aliphatic rings. The summed E-state index contributed by atoms with van der Waals surface area (Å²) < 4.78 is 5.36. The van der Waals surface area contributed by atoms with Gasteiger partial charge in [-0.3, -0.25) is 4.79 Å². The van der Waals surface area contributed by atoms with Gasteiger partial charge in [-0.25, -0.2) is 5.43 Å². The third-order valence-electron chi connectivity index (χ3n) is 4.20. The molecule has 0 saturated heterocycles. The van der Waals surface area contributed by atoms with Gasteiger partial charge >= 0.3 is 0 Å². The molecular weight excluding hydrogens is 352 g/mol. The van der Waals surface area contributed by atoms with Crippen LogP contribution in [0.5, 0.6) is 11.5 Å². The fourth-order valence-electron chi connectivity index (χ4n) is 2.90. The quantitative estimate of drug-likeness (QED) is 0.484. The van der Waals surface area contributed by atoms with Crippen molar-refractivity contribution >= 4 is 12.1 Å². The first kappa shape index (κ1) is 19.2. The van der Waals surface area contributed by atoms with Crippen LogP contribution in [0.4, 0.5) is 0 Å². The van der Waals surface area contributed by atoms with E-state index in [9.17, 15) is 9.90 Å². The summed E-state index contributed by atoms with van der Waals surface area (Å²) in [5.74, 6) is -0.240. The molecule has 0 aromatic heterocycles. The van der Waals surface area contributed by atoms with Gasteiger partial charge in [0, 0.05) is 0 Å². The summed E-state index contributed by atoms with van der Waals surface area (Å²) in [7, 11) is 0. The first-order valence-corrected chi connectivity index (χ1v) is 9.07. The Morgan fingerprint density at radius 1 is 1.04 bits per heavy atom. The summed E-state index contributed by atoms with van der Waals surface area (Å²) in [6.45, 7) is 2.29. The number of nitrogens with one attached hydrogen (secondary N) is 1. The predicted molar refractivity (Wildman–Crippen MR) is 110 cm³/mol. The molecule has 0 unspecified atom stereocenters. The minimum absolute atomic E-state index is 0.0660. The van der Waals surface area contributed by atoms with Crippen molar-refractivity contribution in [2.24, 2.45) is 5.10 Å². The number of ether oxygens (including phenoxy) is 1. The summed E-state index contributed by atoms with van der Waals surface area (Å²) in [6.07, 6.45) is 1.52. The lowest BCUT2D eigenvalue weighted by molar-refractivity contribution is -0.121. The Morgan fingerprint density at radius 2 is 1.64 bits per heavy atom. The molecule has 142 valence electrons. The molecule has 3 rings (SSSR count). The average Bonchev–Trinajstić information content (AvgIpc) is 2.72. The van der Waals surface area contributed by atoms with E-state index in [1.165, 1.54) is 12.3 Å². The van der Waals surface area contributed by atoms with E-state index in [0.717, 1.165) is 11.1 Å². The van der Waals surface area contributed by atoms with Crippen molar-refractivity contribution in [1.29, 1.82) is 0 Å². The number of amides is 1. The number of phenols is 1. The van der Waals surface area contributed by atoms with Gasteiger partial charge in [-0.05, 0) is 41.8 Å². The number of phenolic OH excluding ortho intramolecular Hbond substituents is 1. The zero-order valence-electron chi connectivity index (χ0n) is 15.6. The highest BCUT2D eigenvalue weighted by atomic mass is 16.5. The number of carbonyl (C=O) groups is 1. The van der Waals surface area contributed by atoms with Crippen molar-refractivity contribution in [2.75, 3.05) is 6.61 Å². The molecule has 2 N–H and O–H groups in total. The number of aromatic hydroxyl groups is 1. The smallest absolute Gasteiger partial charge is 0.252 e. The molecule has 0 radical (unpaired) electrons. The average molecular weight is 374 g/mol. The molecular formula is C23H22N2O3. The van der Waals surface area contributed by atoms with Gasteiger partial charge in [0.05, 0.1) is 18.7 Å². The highest BCUT2D eigenvalue weighted by molar-refractivity contribution is 5.88. The first-order chi connectivity index (χ1) is 13.7. The Labute approximate surface area is 164 Å². The number of nitrogens with zero attached hydrogens (tertiary/aromatic N) is 1. The maximum absolute atomic E-state index is 12.9. The van der Waals surface area contributed by atoms with Crippen LogP contribution in [0.25, 0.3) is 0 Å². The molecule has 0 aliphatic carbocycles. The van der Waals surface area contributed by atoms with Crippen molar-refractivity contribution < 1.29 is 14.6 Å². The largest absolute Gasteiger partial charge is 0.504 e. The summed E-state index contributed by atoms with van der Waals surface area (Å²) in [5, 5.41) is 13.8. The lowest BCUT2D eigenvalue weighted by atomic mass is 9.91. The minimum atomic E-state index is -0.460. The van der Waals surface area contributed by atoms with Crippen LogP contribution in [0, 0.1) is 0 Å². The zero-order chi connectivity index (χ0) is 19.8. The number of hydrazone groups is 1. The zero-order valence-corrected chi connectivity index (χ0v) is 15.6. The van der Waals surface area contributed by atoms with E-state index in [-0.39, 0.29) is 11.7 Å². The molecule has 3 aromatic carbocycles. The molecule has 0 spiro atoms. The van der Waals surface area contributed by atoms with Gasteiger partial charge in [-0.1, -0.05) is 60.7 Å². The van der Waals surface area contributed by atoms with Crippen molar-refractivity contribution in [3.05, 3.63) is 95.6 Å². The molecule has 0 heterocycles. The molecule has 1 amide bonds. The van der Waals surface area contributed by atoms with E-state index < -0.39 is 5.92 Å². The Hall–Kier alpha value is -3.60. The van der Waals surface area contributed by atoms with Crippen LogP contribution in [-0.4, -0.2) is 23.8 Å². The van der Waals surface area contributed by atoms with Crippen molar-refractivity contribution in [3.8, 4) is 11.5 Å². The van der Waals surface area contributed by atoms with Gasteiger partial charge in [0.25, 0.3) is 5.91 Å². The van der Waals surface area contributed by atoms with Crippen molar-refractivity contribution in [2.45, 2.75) is 12.8 Å². The highest BCUT2D eigenvalue weighted by Crippen LogP contribution is 2.26. The van der Waals surface area contributed by atoms with Gasteiger partial charge in [0.1, 0.15) is 0 Å². The molecule has 0 aliphatic heterocycles. The third-order valence-corrected chi connectivity index (χ3v) is 4.20. The highest BCUT2D eigenvalue weighted by Gasteiger charge is 2.22. The Balaban J connectivity index is 1.78.